The van der Waals surface area contributed by atoms with Crippen molar-refractivity contribution in [2.45, 2.75) is 11.3 Å². The summed E-state index contributed by atoms with van der Waals surface area (Å²) in [4.78, 5) is 12.0. The van der Waals surface area contributed by atoms with Crippen molar-refractivity contribution in [1.82, 2.24) is 5.32 Å². The molecule has 0 unspecified atom stereocenters. The lowest BCUT2D eigenvalue weighted by Gasteiger charge is -2.10. The van der Waals surface area contributed by atoms with E-state index in [-0.39, 0.29) is 17.4 Å². The lowest BCUT2D eigenvalue weighted by atomic mass is 10.1. The Balaban J connectivity index is 1.47. The zero-order chi connectivity index (χ0) is 20.5. The molecule has 6 nitrogen and oxygen atoms in total. The molecule has 0 aliphatic heterocycles. The van der Waals surface area contributed by atoms with Crippen molar-refractivity contribution in [2.24, 2.45) is 0 Å². The Bertz CT molecular complexity index is 1020. The molecule has 0 aliphatic rings. The molecule has 0 saturated carbocycles. The van der Waals surface area contributed by atoms with Gasteiger partial charge in [-0.2, -0.15) is 0 Å². The van der Waals surface area contributed by atoms with E-state index in [0.717, 1.165) is 12.0 Å². The van der Waals surface area contributed by atoms with Gasteiger partial charge >= 0.3 is 0 Å². The van der Waals surface area contributed by atoms with Crippen LogP contribution >= 0.6 is 0 Å². The Morgan fingerprint density at radius 3 is 2.10 bits per heavy atom. The van der Waals surface area contributed by atoms with Crippen LogP contribution in [0.4, 0.5) is 5.69 Å². The van der Waals surface area contributed by atoms with Crippen LogP contribution in [0.15, 0.2) is 89.8 Å². The molecule has 0 aliphatic carbocycles. The topological polar surface area (TPSA) is 84.5 Å². The van der Waals surface area contributed by atoms with Crippen molar-refractivity contribution in [3.63, 3.8) is 0 Å². The molecule has 0 radical (unpaired) electrons. The lowest BCUT2D eigenvalue weighted by molar-refractivity contribution is -0.123. The van der Waals surface area contributed by atoms with Gasteiger partial charge in [0.05, 0.1) is 4.90 Å². The van der Waals surface area contributed by atoms with E-state index in [2.05, 4.69) is 10.0 Å². The van der Waals surface area contributed by atoms with E-state index in [1.165, 1.54) is 24.3 Å². The maximum atomic E-state index is 12.4. The van der Waals surface area contributed by atoms with Crippen LogP contribution in [0.3, 0.4) is 0 Å². The van der Waals surface area contributed by atoms with Crippen LogP contribution in [0.2, 0.25) is 0 Å². The summed E-state index contributed by atoms with van der Waals surface area (Å²) in [6, 6.07) is 24.5. The highest BCUT2D eigenvalue weighted by Gasteiger charge is 2.14. The summed E-state index contributed by atoms with van der Waals surface area (Å²) in [7, 11) is -3.68. The predicted molar refractivity (Wildman–Crippen MR) is 112 cm³/mol. The number of sulfonamides is 1. The van der Waals surface area contributed by atoms with E-state index in [9.17, 15) is 13.2 Å². The number of carbonyl (C=O) groups is 1. The largest absolute Gasteiger partial charge is 0.484 e. The van der Waals surface area contributed by atoms with Gasteiger partial charge in [-0.05, 0) is 48.4 Å². The summed E-state index contributed by atoms with van der Waals surface area (Å²) < 4.78 is 32.7. The second kappa shape index (κ2) is 9.75. The number of amides is 1. The summed E-state index contributed by atoms with van der Waals surface area (Å²) >= 11 is 0. The summed E-state index contributed by atoms with van der Waals surface area (Å²) in [5.41, 5.74) is 1.63. The summed E-state index contributed by atoms with van der Waals surface area (Å²) in [5, 5.41) is 2.79. The number of carbonyl (C=O) groups excluding carboxylic acids is 1. The normalized spacial score (nSPS) is 10.9. The van der Waals surface area contributed by atoms with Crippen molar-refractivity contribution < 1.29 is 17.9 Å². The monoisotopic (exact) mass is 410 g/mol. The molecule has 0 spiro atoms. The molecule has 0 bridgehead atoms. The van der Waals surface area contributed by atoms with E-state index >= 15 is 0 Å². The third-order valence-corrected chi connectivity index (χ3v) is 5.51. The van der Waals surface area contributed by atoms with Gasteiger partial charge in [-0.3, -0.25) is 9.52 Å². The molecule has 0 aromatic heterocycles. The van der Waals surface area contributed by atoms with Gasteiger partial charge in [0, 0.05) is 12.2 Å². The average molecular weight is 410 g/mol. The minimum absolute atomic E-state index is 0.112. The fourth-order valence-corrected chi connectivity index (χ4v) is 3.68. The van der Waals surface area contributed by atoms with Gasteiger partial charge in [-0.1, -0.05) is 48.5 Å². The Morgan fingerprint density at radius 2 is 1.45 bits per heavy atom. The second-order valence-corrected chi connectivity index (χ2v) is 8.00. The van der Waals surface area contributed by atoms with Crippen LogP contribution in [-0.2, 0) is 21.2 Å². The van der Waals surface area contributed by atoms with Gasteiger partial charge in [0.15, 0.2) is 6.61 Å². The van der Waals surface area contributed by atoms with Crippen molar-refractivity contribution >= 4 is 21.6 Å². The molecule has 150 valence electrons. The number of anilines is 1. The van der Waals surface area contributed by atoms with Crippen LogP contribution < -0.4 is 14.8 Å². The SMILES string of the molecule is O=C(COc1ccc(S(=O)(=O)Nc2ccccc2)cc1)NCCc1ccccc1. The van der Waals surface area contributed by atoms with Crippen LogP contribution in [0.5, 0.6) is 5.75 Å². The molecule has 7 heteroatoms. The highest BCUT2D eigenvalue weighted by Crippen LogP contribution is 2.19. The third-order valence-electron chi connectivity index (χ3n) is 4.11. The number of para-hydroxylation sites is 1. The van der Waals surface area contributed by atoms with Crippen molar-refractivity contribution in [3.8, 4) is 5.75 Å². The fourth-order valence-electron chi connectivity index (χ4n) is 2.63. The van der Waals surface area contributed by atoms with Crippen molar-refractivity contribution in [3.05, 3.63) is 90.5 Å². The van der Waals surface area contributed by atoms with Gasteiger partial charge in [-0.15, -0.1) is 0 Å². The highest BCUT2D eigenvalue weighted by atomic mass is 32.2. The Labute approximate surface area is 170 Å². The quantitative estimate of drug-likeness (QED) is 0.567. The first kappa shape index (κ1) is 20.4. The van der Waals surface area contributed by atoms with Crippen molar-refractivity contribution in [1.29, 1.82) is 0 Å². The van der Waals surface area contributed by atoms with Crippen LogP contribution in [0.25, 0.3) is 0 Å². The number of hydrogen-bond donors (Lipinski definition) is 2. The summed E-state index contributed by atoms with van der Waals surface area (Å²) in [6.07, 6.45) is 0.744. The van der Waals surface area contributed by atoms with Gasteiger partial charge in [0.1, 0.15) is 5.75 Å². The maximum absolute atomic E-state index is 12.4. The highest BCUT2D eigenvalue weighted by molar-refractivity contribution is 7.92. The Morgan fingerprint density at radius 1 is 0.828 bits per heavy atom. The van der Waals surface area contributed by atoms with Crippen LogP contribution in [0.1, 0.15) is 5.56 Å². The Kier molecular flexibility index (Phi) is 6.86. The molecule has 0 saturated heterocycles. The first-order valence-corrected chi connectivity index (χ1v) is 10.6. The first-order chi connectivity index (χ1) is 14.0. The molecule has 3 aromatic rings. The average Bonchev–Trinajstić information content (AvgIpc) is 2.74. The maximum Gasteiger partial charge on any atom is 0.261 e. The molecular weight excluding hydrogens is 388 g/mol. The molecular formula is C22H22N2O4S. The third kappa shape index (κ3) is 6.36. The summed E-state index contributed by atoms with van der Waals surface area (Å²) in [6.45, 7) is 0.387. The van der Waals surface area contributed by atoms with Crippen LogP contribution in [-0.4, -0.2) is 27.5 Å². The van der Waals surface area contributed by atoms with E-state index in [0.29, 0.717) is 18.0 Å². The van der Waals surface area contributed by atoms with Gasteiger partial charge < -0.3 is 10.1 Å². The molecule has 1 amide bonds. The number of rotatable bonds is 9. The number of hydrogen-bond acceptors (Lipinski definition) is 4. The Hall–Kier alpha value is -3.32. The molecule has 0 atom stereocenters. The minimum atomic E-state index is -3.68. The molecule has 0 heterocycles. The second-order valence-electron chi connectivity index (χ2n) is 6.32. The number of benzene rings is 3. The standard InChI is InChI=1S/C22H22N2O4S/c25-22(23-16-15-18-7-3-1-4-8-18)17-28-20-11-13-21(14-12-20)29(26,27)24-19-9-5-2-6-10-19/h1-14,24H,15-17H2,(H,23,25). The minimum Gasteiger partial charge on any atom is -0.484 e. The first-order valence-electron chi connectivity index (χ1n) is 9.14. The van der Waals surface area contributed by atoms with E-state index in [1.54, 1.807) is 24.3 Å². The summed E-state index contributed by atoms with van der Waals surface area (Å²) in [5.74, 6) is 0.185. The lowest BCUT2D eigenvalue weighted by Crippen LogP contribution is -2.30. The van der Waals surface area contributed by atoms with E-state index in [1.807, 2.05) is 36.4 Å². The fraction of sp³-hybridized carbons (Fsp3) is 0.136. The van der Waals surface area contributed by atoms with Gasteiger partial charge in [0.25, 0.3) is 15.9 Å². The zero-order valence-electron chi connectivity index (χ0n) is 15.7. The van der Waals surface area contributed by atoms with E-state index < -0.39 is 10.0 Å². The van der Waals surface area contributed by atoms with Gasteiger partial charge in [-0.25, -0.2) is 8.42 Å². The molecule has 0 fully saturated rings. The smallest absolute Gasteiger partial charge is 0.261 e. The van der Waals surface area contributed by atoms with E-state index in [4.69, 9.17) is 4.74 Å². The predicted octanol–water partition coefficient (Wildman–Crippen LogP) is 3.23. The van der Waals surface area contributed by atoms with Gasteiger partial charge in [0.2, 0.25) is 0 Å². The molecule has 3 aromatic carbocycles. The molecule has 2 N–H and O–H groups in total. The molecule has 29 heavy (non-hydrogen) atoms. The number of nitrogens with one attached hydrogen (secondary N) is 2. The molecule has 3 rings (SSSR count). The number of ether oxygens (including phenoxy) is 1. The van der Waals surface area contributed by atoms with Crippen molar-refractivity contribution in [2.75, 3.05) is 17.9 Å². The van der Waals surface area contributed by atoms with Crippen LogP contribution in [0, 0.1) is 0 Å². The zero-order valence-corrected chi connectivity index (χ0v) is 16.6.